The predicted octanol–water partition coefficient (Wildman–Crippen LogP) is 4.61. The number of hydrogen-bond donors (Lipinski definition) is 0. The Labute approximate surface area is 180 Å². The predicted molar refractivity (Wildman–Crippen MR) is 116 cm³/mol. The van der Waals surface area contributed by atoms with Crippen molar-refractivity contribution in [2.24, 2.45) is 0 Å². The first-order valence-electron chi connectivity index (χ1n) is 9.55. The standard InChI is InChI=1S/C23H20ClNO4S/c1-2-29-23(26)22-21(16-9-5-3-6-10-16)19-15-17(24)13-14-20(19)25(22)30(27,28)18-11-7-4-8-12-18/h3-15,21-22H,2H2,1H3/t21-,22-/m0/s1. The van der Waals surface area contributed by atoms with E-state index in [0.717, 1.165) is 5.56 Å². The van der Waals surface area contributed by atoms with E-state index in [1.54, 1.807) is 43.3 Å². The molecule has 0 radical (unpaired) electrons. The molecule has 0 spiro atoms. The second-order valence-corrected chi connectivity index (χ2v) is 9.15. The molecule has 0 aliphatic carbocycles. The summed E-state index contributed by atoms with van der Waals surface area (Å²) < 4.78 is 33.8. The van der Waals surface area contributed by atoms with E-state index in [4.69, 9.17) is 16.3 Å². The van der Waals surface area contributed by atoms with Crippen molar-refractivity contribution in [3.63, 3.8) is 0 Å². The molecular formula is C23H20ClNO4S. The van der Waals surface area contributed by atoms with Gasteiger partial charge in [-0.25, -0.2) is 13.2 Å². The number of esters is 1. The lowest BCUT2D eigenvalue weighted by Gasteiger charge is -2.28. The third-order valence-electron chi connectivity index (χ3n) is 5.12. The Morgan fingerprint density at radius 2 is 1.63 bits per heavy atom. The van der Waals surface area contributed by atoms with Gasteiger partial charge >= 0.3 is 5.97 Å². The van der Waals surface area contributed by atoms with Crippen molar-refractivity contribution in [1.29, 1.82) is 0 Å². The first-order valence-corrected chi connectivity index (χ1v) is 11.4. The van der Waals surface area contributed by atoms with Crippen LogP contribution in [0.5, 0.6) is 0 Å². The molecule has 30 heavy (non-hydrogen) atoms. The van der Waals surface area contributed by atoms with E-state index >= 15 is 0 Å². The van der Waals surface area contributed by atoms with Crippen LogP contribution in [0.15, 0.2) is 83.8 Å². The normalized spacial score (nSPS) is 18.1. The van der Waals surface area contributed by atoms with Crippen molar-refractivity contribution in [3.05, 3.63) is 95.0 Å². The number of carbonyl (C=O) groups is 1. The van der Waals surface area contributed by atoms with Crippen LogP contribution in [0, 0.1) is 0 Å². The summed E-state index contributed by atoms with van der Waals surface area (Å²) >= 11 is 6.26. The molecule has 5 nitrogen and oxygen atoms in total. The molecule has 0 saturated carbocycles. The molecule has 0 N–H and O–H groups in total. The highest BCUT2D eigenvalue weighted by atomic mass is 35.5. The average molecular weight is 442 g/mol. The molecule has 0 fully saturated rings. The number of benzene rings is 3. The summed E-state index contributed by atoms with van der Waals surface area (Å²) in [6.07, 6.45) is 0. The van der Waals surface area contributed by atoms with Crippen molar-refractivity contribution >= 4 is 33.3 Å². The second kappa shape index (κ2) is 8.13. The Bertz CT molecular complexity index is 1170. The zero-order chi connectivity index (χ0) is 21.3. The number of sulfonamides is 1. The first kappa shape index (κ1) is 20.4. The summed E-state index contributed by atoms with van der Waals surface area (Å²) in [5.41, 5.74) is 1.91. The molecule has 3 aromatic rings. The molecule has 0 saturated heterocycles. The van der Waals surface area contributed by atoms with Gasteiger partial charge in [0, 0.05) is 10.9 Å². The lowest BCUT2D eigenvalue weighted by molar-refractivity contribution is -0.144. The minimum absolute atomic E-state index is 0.105. The number of halogens is 1. The van der Waals surface area contributed by atoms with Crippen molar-refractivity contribution in [3.8, 4) is 0 Å². The van der Waals surface area contributed by atoms with Crippen molar-refractivity contribution < 1.29 is 17.9 Å². The van der Waals surface area contributed by atoms with Gasteiger partial charge < -0.3 is 4.74 Å². The topological polar surface area (TPSA) is 63.7 Å². The van der Waals surface area contributed by atoms with Crippen LogP contribution in [0.25, 0.3) is 0 Å². The summed E-state index contributed by atoms with van der Waals surface area (Å²) in [5.74, 6) is -1.14. The number of fused-ring (bicyclic) bond motifs is 1. The number of carbonyl (C=O) groups excluding carboxylic acids is 1. The summed E-state index contributed by atoms with van der Waals surface area (Å²) in [6, 6.07) is 21.3. The Morgan fingerprint density at radius 3 is 2.27 bits per heavy atom. The summed E-state index contributed by atoms with van der Waals surface area (Å²) in [5, 5.41) is 0.469. The van der Waals surface area contributed by atoms with Crippen LogP contribution in [-0.4, -0.2) is 27.0 Å². The van der Waals surface area contributed by atoms with Crippen molar-refractivity contribution in [2.75, 3.05) is 10.9 Å². The Kier molecular flexibility index (Phi) is 5.54. The average Bonchev–Trinajstić information content (AvgIpc) is 3.10. The highest BCUT2D eigenvalue weighted by molar-refractivity contribution is 7.93. The van der Waals surface area contributed by atoms with E-state index < -0.39 is 28.0 Å². The molecule has 4 rings (SSSR count). The minimum Gasteiger partial charge on any atom is -0.464 e. The van der Waals surface area contributed by atoms with E-state index in [9.17, 15) is 13.2 Å². The maximum absolute atomic E-state index is 13.7. The lowest BCUT2D eigenvalue weighted by Crippen LogP contribution is -2.45. The number of hydrogen-bond acceptors (Lipinski definition) is 4. The fourth-order valence-electron chi connectivity index (χ4n) is 3.90. The van der Waals surface area contributed by atoms with E-state index in [1.165, 1.54) is 16.4 Å². The number of nitrogens with zero attached hydrogens (tertiary/aromatic N) is 1. The zero-order valence-electron chi connectivity index (χ0n) is 16.2. The van der Waals surface area contributed by atoms with Gasteiger partial charge in [-0.05, 0) is 48.4 Å². The van der Waals surface area contributed by atoms with Crippen LogP contribution in [0.2, 0.25) is 5.02 Å². The van der Waals surface area contributed by atoms with Crippen molar-refractivity contribution in [1.82, 2.24) is 0 Å². The van der Waals surface area contributed by atoms with Gasteiger partial charge in [-0.3, -0.25) is 4.31 Å². The zero-order valence-corrected chi connectivity index (χ0v) is 17.8. The molecule has 1 aliphatic heterocycles. The summed E-state index contributed by atoms with van der Waals surface area (Å²) in [7, 11) is -4.03. The molecule has 7 heteroatoms. The molecule has 1 aliphatic rings. The van der Waals surface area contributed by atoms with Gasteiger partial charge in [-0.1, -0.05) is 60.1 Å². The molecule has 0 amide bonds. The summed E-state index contributed by atoms with van der Waals surface area (Å²) in [4.78, 5) is 13.2. The van der Waals surface area contributed by atoms with Gasteiger partial charge in [0.05, 0.1) is 17.2 Å². The maximum Gasteiger partial charge on any atom is 0.330 e. The van der Waals surface area contributed by atoms with Gasteiger partial charge in [-0.15, -0.1) is 0 Å². The third-order valence-corrected chi connectivity index (χ3v) is 7.16. The molecule has 2 atom stereocenters. The Hall–Kier alpha value is -2.83. The van der Waals surface area contributed by atoms with E-state index in [1.807, 2.05) is 30.3 Å². The maximum atomic E-state index is 13.7. The minimum atomic E-state index is -4.03. The van der Waals surface area contributed by atoms with Crippen LogP contribution in [0.4, 0.5) is 5.69 Å². The molecule has 1 heterocycles. The quantitative estimate of drug-likeness (QED) is 0.542. The van der Waals surface area contributed by atoms with Gasteiger partial charge in [-0.2, -0.15) is 0 Å². The highest BCUT2D eigenvalue weighted by Crippen LogP contribution is 2.48. The smallest absolute Gasteiger partial charge is 0.330 e. The second-order valence-electron chi connectivity index (χ2n) is 6.90. The molecular weight excluding hydrogens is 422 g/mol. The van der Waals surface area contributed by atoms with Gasteiger partial charge in [0.2, 0.25) is 0 Å². The molecule has 0 aromatic heterocycles. The van der Waals surface area contributed by atoms with Crippen LogP contribution in [0.1, 0.15) is 24.0 Å². The number of rotatable bonds is 5. The third kappa shape index (κ3) is 3.46. The first-order chi connectivity index (χ1) is 14.4. The lowest BCUT2D eigenvalue weighted by atomic mass is 9.88. The van der Waals surface area contributed by atoms with Gasteiger partial charge in [0.15, 0.2) is 6.04 Å². The Morgan fingerprint density at radius 1 is 1.00 bits per heavy atom. The SMILES string of the molecule is CCOC(=O)[C@@H]1[C@@H](c2ccccc2)c2cc(Cl)ccc2N1S(=O)(=O)c1ccccc1. The number of anilines is 1. The van der Waals surface area contributed by atoms with Crippen molar-refractivity contribution in [2.45, 2.75) is 23.8 Å². The molecule has 0 unspecified atom stereocenters. The van der Waals surface area contributed by atoms with E-state index in [0.29, 0.717) is 16.3 Å². The molecule has 154 valence electrons. The van der Waals surface area contributed by atoms with Crippen LogP contribution in [0.3, 0.4) is 0 Å². The highest BCUT2D eigenvalue weighted by Gasteiger charge is 2.50. The van der Waals surface area contributed by atoms with Crippen LogP contribution >= 0.6 is 11.6 Å². The Balaban J connectivity index is 1.97. The largest absolute Gasteiger partial charge is 0.464 e. The van der Waals surface area contributed by atoms with E-state index in [-0.39, 0.29) is 11.5 Å². The number of ether oxygens (including phenoxy) is 1. The van der Waals surface area contributed by atoms with Gasteiger partial charge in [0.25, 0.3) is 10.0 Å². The molecule has 0 bridgehead atoms. The van der Waals surface area contributed by atoms with Gasteiger partial charge in [0.1, 0.15) is 0 Å². The van der Waals surface area contributed by atoms with Crippen LogP contribution < -0.4 is 4.31 Å². The van der Waals surface area contributed by atoms with E-state index in [2.05, 4.69) is 0 Å². The fraction of sp³-hybridized carbons (Fsp3) is 0.174. The monoisotopic (exact) mass is 441 g/mol. The fourth-order valence-corrected chi connectivity index (χ4v) is 5.74. The molecule has 3 aromatic carbocycles. The van der Waals surface area contributed by atoms with Crippen LogP contribution in [-0.2, 0) is 19.6 Å². The summed E-state index contributed by atoms with van der Waals surface area (Å²) in [6.45, 7) is 1.84.